The molecular weight excluding hydrogens is 384 g/mol. The van der Waals surface area contributed by atoms with Gasteiger partial charge >= 0.3 is 0 Å². The molecule has 0 aromatic heterocycles. The highest BCUT2D eigenvalue weighted by molar-refractivity contribution is 8.19. The molecule has 142 valence electrons. The minimum atomic E-state index is -0.513. The third-order valence-electron chi connectivity index (χ3n) is 3.89. The van der Waals surface area contributed by atoms with Gasteiger partial charge in [0.25, 0.3) is 5.91 Å². The van der Waals surface area contributed by atoms with Crippen LogP contribution in [0, 0.1) is 0 Å². The molecule has 0 radical (unpaired) electrons. The monoisotopic (exact) mass is 404 g/mol. The largest absolute Gasteiger partial charge is 0.493 e. The SMILES string of the molecule is COc1cc(C2SCCS2)ccc1OCC(=O)Nc1ccc(C(N)=O)cc1. The van der Waals surface area contributed by atoms with Crippen LogP contribution in [0.15, 0.2) is 42.5 Å². The summed E-state index contributed by atoms with van der Waals surface area (Å²) < 4.78 is 11.4. The molecule has 0 bridgehead atoms. The number of ether oxygens (including phenoxy) is 2. The molecule has 1 heterocycles. The first-order valence-corrected chi connectivity index (χ1v) is 10.4. The van der Waals surface area contributed by atoms with Crippen molar-refractivity contribution in [1.29, 1.82) is 0 Å². The number of hydrogen-bond donors (Lipinski definition) is 2. The van der Waals surface area contributed by atoms with Crippen LogP contribution in [-0.4, -0.2) is 37.0 Å². The second kappa shape index (κ2) is 9.05. The third-order valence-corrected chi connectivity index (χ3v) is 7.00. The van der Waals surface area contributed by atoms with Gasteiger partial charge in [0.05, 0.1) is 11.7 Å². The van der Waals surface area contributed by atoms with Crippen molar-refractivity contribution in [2.75, 3.05) is 30.5 Å². The Balaban J connectivity index is 1.58. The Morgan fingerprint density at radius 1 is 1.11 bits per heavy atom. The maximum atomic E-state index is 12.1. The van der Waals surface area contributed by atoms with E-state index in [0.717, 1.165) is 11.5 Å². The topological polar surface area (TPSA) is 90.7 Å². The van der Waals surface area contributed by atoms with E-state index < -0.39 is 5.91 Å². The van der Waals surface area contributed by atoms with Gasteiger partial charge in [0.2, 0.25) is 5.91 Å². The number of benzene rings is 2. The van der Waals surface area contributed by atoms with Crippen LogP contribution < -0.4 is 20.5 Å². The maximum absolute atomic E-state index is 12.1. The summed E-state index contributed by atoms with van der Waals surface area (Å²) in [5, 5.41) is 2.71. The van der Waals surface area contributed by atoms with Crippen molar-refractivity contribution < 1.29 is 19.1 Å². The van der Waals surface area contributed by atoms with Gasteiger partial charge in [0, 0.05) is 22.8 Å². The Kier molecular flexibility index (Phi) is 6.52. The molecule has 0 aliphatic carbocycles. The van der Waals surface area contributed by atoms with Crippen molar-refractivity contribution in [2.45, 2.75) is 4.58 Å². The molecule has 1 fully saturated rings. The molecule has 3 N–H and O–H groups in total. The zero-order chi connectivity index (χ0) is 19.2. The summed E-state index contributed by atoms with van der Waals surface area (Å²) >= 11 is 3.83. The van der Waals surface area contributed by atoms with Crippen molar-refractivity contribution in [3.63, 3.8) is 0 Å². The van der Waals surface area contributed by atoms with Gasteiger partial charge in [0.15, 0.2) is 18.1 Å². The predicted molar refractivity (Wildman–Crippen MR) is 110 cm³/mol. The van der Waals surface area contributed by atoms with Crippen molar-refractivity contribution in [1.82, 2.24) is 0 Å². The van der Waals surface area contributed by atoms with E-state index in [1.165, 1.54) is 5.56 Å². The van der Waals surface area contributed by atoms with Gasteiger partial charge in [-0.3, -0.25) is 9.59 Å². The zero-order valence-electron chi connectivity index (χ0n) is 14.8. The first-order valence-electron chi connectivity index (χ1n) is 8.30. The molecular formula is C19H20N2O4S2. The van der Waals surface area contributed by atoms with E-state index in [-0.39, 0.29) is 12.5 Å². The highest BCUT2D eigenvalue weighted by Gasteiger charge is 2.20. The highest BCUT2D eigenvalue weighted by Crippen LogP contribution is 2.46. The summed E-state index contributed by atoms with van der Waals surface area (Å²) in [6.07, 6.45) is 0. The molecule has 8 heteroatoms. The summed E-state index contributed by atoms with van der Waals surface area (Å²) in [5.74, 6) is 2.61. The van der Waals surface area contributed by atoms with Crippen molar-refractivity contribution in [3.8, 4) is 11.5 Å². The van der Waals surface area contributed by atoms with Gasteiger partial charge in [-0.05, 0) is 42.0 Å². The Hall–Kier alpha value is -2.32. The average Bonchev–Trinajstić information content (AvgIpc) is 3.21. The quantitative estimate of drug-likeness (QED) is 0.736. The number of nitrogens with two attached hydrogens (primary N) is 1. The number of methoxy groups -OCH3 is 1. The zero-order valence-corrected chi connectivity index (χ0v) is 16.4. The average molecular weight is 405 g/mol. The van der Waals surface area contributed by atoms with Crippen LogP contribution >= 0.6 is 23.5 Å². The number of carbonyl (C=O) groups excluding carboxylic acids is 2. The lowest BCUT2D eigenvalue weighted by Crippen LogP contribution is -2.20. The lowest BCUT2D eigenvalue weighted by Gasteiger charge is -2.14. The van der Waals surface area contributed by atoms with Crippen LogP contribution in [0.25, 0.3) is 0 Å². The summed E-state index contributed by atoms with van der Waals surface area (Å²) in [5.41, 5.74) is 7.32. The van der Waals surface area contributed by atoms with Crippen LogP contribution in [0.2, 0.25) is 0 Å². The Bertz CT molecular complexity index is 821. The van der Waals surface area contributed by atoms with Crippen molar-refractivity contribution in [3.05, 3.63) is 53.6 Å². The van der Waals surface area contributed by atoms with Gasteiger partial charge in [-0.25, -0.2) is 0 Å². The Labute approximate surface area is 166 Å². The van der Waals surface area contributed by atoms with Crippen LogP contribution in [0.1, 0.15) is 20.5 Å². The molecule has 2 aromatic rings. The summed E-state index contributed by atoms with van der Waals surface area (Å²) in [6.45, 7) is -0.153. The molecule has 2 amide bonds. The molecule has 1 saturated heterocycles. The normalized spacial score (nSPS) is 14.0. The molecule has 6 nitrogen and oxygen atoms in total. The van der Waals surface area contributed by atoms with E-state index >= 15 is 0 Å². The molecule has 0 spiro atoms. The smallest absolute Gasteiger partial charge is 0.262 e. The Morgan fingerprint density at radius 3 is 2.44 bits per heavy atom. The van der Waals surface area contributed by atoms with Crippen LogP contribution in [0.4, 0.5) is 5.69 Å². The number of rotatable bonds is 7. The standard InChI is InChI=1S/C19H20N2O4S2/c1-24-16-10-13(19-26-8-9-27-19)4-7-15(16)25-11-17(22)21-14-5-2-12(3-6-14)18(20)23/h2-7,10,19H,8-9,11H2,1H3,(H2,20,23)(H,21,22). The van der Waals surface area contributed by atoms with E-state index in [1.54, 1.807) is 31.4 Å². The van der Waals surface area contributed by atoms with Gasteiger partial charge < -0.3 is 20.5 Å². The fraction of sp³-hybridized carbons (Fsp3) is 0.263. The van der Waals surface area contributed by atoms with Crippen LogP contribution in [-0.2, 0) is 4.79 Å². The molecule has 0 atom stereocenters. The number of anilines is 1. The summed E-state index contributed by atoms with van der Waals surface area (Å²) in [7, 11) is 1.58. The van der Waals surface area contributed by atoms with Gasteiger partial charge in [-0.15, -0.1) is 23.5 Å². The fourth-order valence-corrected chi connectivity index (χ4v) is 5.40. The molecule has 1 aliphatic heterocycles. The summed E-state index contributed by atoms with van der Waals surface area (Å²) in [4.78, 5) is 23.2. The first kappa shape index (κ1) is 19.4. The maximum Gasteiger partial charge on any atom is 0.262 e. The molecule has 0 unspecified atom stereocenters. The third kappa shape index (κ3) is 5.11. The van der Waals surface area contributed by atoms with Crippen molar-refractivity contribution >= 4 is 41.0 Å². The number of nitrogens with one attached hydrogen (secondary N) is 1. The molecule has 1 aliphatic rings. The van der Waals surface area contributed by atoms with E-state index in [0.29, 0.717) is 27.3 Å². The first-order chi connectivity index (χ1) is 13.1. The molecule has 3 rings (SSSR count). The van der Waals surface area contributed by atoms with Crippen molar-refractivity contribution in [2.24, 2.45) is 5.73 Å². The predicted octanol–water partition coefficient (Wildman–Crippen LogP) is 3.29. The lowest BCUT2D eigenvalue weighted by atomic mass is 10.2. The highest BCUT2D eigenvalue weighted by atomic mass is 32.2. The number of primary amides is 1. The second-order valence-corrected chi connectivity index (χ2v) is 8.49. The minimum absolute atomic E-state index is 0.153. The lowest BCUT2D eigenvalue weighted by molar-refractivity contribution is -0.118. The Morgan fingerprint density at radius 2 is 1.81 bits per heavy atom. The number of carbonyl (C=O) groups is 2. The molecule has 27 heavy (non-hydrogen) atoms. The molecule has 0 saturated carbocycles. The fourth-order valence-electron chi connectivity index (χ4n) is 2.56. The van der Waals surface area contributed by atoms with E-state index in [2.05, 4.69) is 5.32 Å². The second-order valence-electron chi connectivity index (χ2n) is 5.76. The van der Waals surface area contributed by atoms with Gasteiger partial charge in [-0.1, -0.05) is 6.07 Å². The van der Waals surface area contributed by atoms with Gasteiger partial charge in [0.1, 0.15) is 0 Å². The van der Waals surface area contributed by atoms with E-state index in [4.69, 9.17) is 15.2 Å². The van der Waals surface area contributed by atoms with E-state index in [1.807, 2.05) is 41.7 Å². The number of hydrogen-bond acceptors (Lipinski definition) is 6. The minimum Gasteiger partial charge on any atom is -0.493 e. The molecule has 2 aromatic carbocycles. The van der Waals surface area contributed by atoms with Crippen LogP contribution in [0.3, 0.4) is 0 Å². The summed E-state index contributed by atoms with van der Waals surface area (Å²) in [6, 6.07) is 12.1. The van der Waals surface area contributed by atoms with E-state index in [9.17, 15) is 9.59 Å². The number of amides is 2. The number of thioether (sulfide) groups is 2. The van der Waals surface area contributed by atoms with Gasteiger partial charge in [-0.2, -0.15) is 0 Å². The van der Waals surface area contributed by atoms with Crippen LogP contribution in [0.5, 0.6) is 11.5 Å².